The minimum absolute atomic E-state index is 0.266. The van der Waals surface area contributed by atoms with Crippen LogP contribution < -0.4 is 0 Å². The molecule has 1 saturated heterocycles. The molecule has 0 radical (unpaired) electrons. The molecule has 0 amide bonds. The minimum Gasteiger partial charge on any atom is -0.395 e. The predicted octanol–water partition coefficient (Wildman–Crippen LogP) is -0.0651. The Bertz CT molecular complexity index is 199. The van der Waals surface area contributed by atoms with Crippen LogP contribution in [0.5, 0.6) is 0 Å². The molecule has 1 N–H and O–H groups in total. The van der Waals surface area contributed by atoms with Crippen LogP contribution in [0.1, 0.15) is 13.3 Å². The van der Waals surface area contributed by atoms with Gasteiger partial charge in [-0.2, -0.15) is 0 Å². The first kappa shape index (κ1) is 13.9. The van der Waals surface area contributed by atoms with Crippen molar-refractivity contribution in [2.24, 2.45) is 0 Å². The van der Waals surface area contributed by atoms with Gasteiger partial charge in [0.25, 0.3) is 0 Å². The molecule has 2 atom stereocenters. The van der Waals surface area contributed by atoms with E-state index in [-0.39, 0.29) is 6.61 Å². The summed E-state index contributed by atoms with van der Waals surface area (Å²) < 4.78 is 0. The van der Waals surface area contributed by atoms with Crippen LogP contribution in [0, 0.1) is 0 Å². The molecule has 16 heavy (non-hydrogen) atoms. The van der Waals surface area contributed by atoms with E-state index in [9.17, 15) is 5.11 Å². The van der Waals surface area contributed by atoms with Gasteiger partial charge >= 0.3 is 0 Å². The van der Waals surface area contributed by atoms with E-state index >= 15 is 0 Å². The monoisotopic (exact) mass is 229 g/mol. The summed E-state index contributed by atoms with van der Waals surface area (Å²) in [4.78, 5) is 6.99. The van der Waals surface area contributed by atoms with Crippen LogP contribution in [0.2, 0.25) is 0 Å². The zero-order chi connectivity index (χ0) is 12.1. The number of likely N-dealkylation sites (N-methyl/N-ethyl adjacent to an activating group) is 2. The van der Waals surface area contributed by atoms with Gasteiger partial charge in [0.1, 0.15) is 0 Å². The van der Waals surface area contributed by atoms with Gasteiger partial charge in [-0.3, -0.25) is 4.90 Å². The Hall–Kier alpha value is -0.160. The van der Waals surface area contributed by atoms with Gasteiger partial charge < -0.3 is 14.9 Å². The fourth-order valence-corrected chi connectivity index (χ4v) is 2.37. The molecule has 2 unspecified atom stereocenters. The molecule has 4 nitrogen and oxygen atoms in total. The second kappa shape index (κ2) is 6.55. The molecular formula is C12H27N3O. The zero-order valence-corrected chi connectivity index (χ0v) is 11.2. The Morgan fingerprint density at radius 3 is 2.62 bits per heavy atom. The molecule has 4 heteroatoms. The topological polar surface area (TPSA) is 30.0 Å². The van der Waals surface area contributed by atoms with Gasteiger partial charge in [0, 0.05) is 31.7 Å². The van der Waals surface area contributed by atoms with Gasteiger partial charge in [-0.15, -0.1) is 0 Å². The molecule has 0 aromatic rings. The summed E-state index contributed by atoms with van der Waals surface area (Å²) in [5.41, 5.74) is 0. The van der Waals surface area contributed by atoms with Gasteiger partial charge in [0.15, 0.2) is 0 Å². The van der Waals surface area contributed by atoms with Crippen LogP contribution in [-0.2, 0) is 0 Å². The van der Waals surface area contributed by atoms with Crippen molar-refractivity contribution in [3.05, 3.63) is 0 Å². The van der Waals surface area contributed by atoms with Crippen molar-refractivity contribution in [3.63, 3.8) is 0 Å². The van der Waals surface area contributed by atoms with E-state index < -0.39 is 0 Å². The van der Waals surface area contributed by atoms with Crippen molar-refractivity contribution in [3.8, 4) is 0 Å². The normalized spacial score (nSPS) is 29.6. The highest BCUT2D eigenvalue weighted by molar-refractivity contribution is 4.83. The summed E-state index contributed by atoms with van der Waals surface area (Å²) >= 11 is 0. The van der Waals surface area contributed by atoms with Crippen molar-refractivity contribution < 1.29 is 5.11 Å². The van der Waals surface area contributed by atoms with Gasteiger partial charge in [-0.1, -0.05) is 0 Å². The maximum atomic E-state index is 9.51. The molecule has 1 aliphatic heterocycles. The van der Waals surface area contributed by atoms with E-state index in [1.54, 1.807) is 0 Å². The zero-order valence-electron chi connectivity index (χ0n) is 11.2. The van der Waals surface area contributed by atoms with Gasteiger partial charge in [-0.25, -0.2) is 0 Å². The van der Waals surface area contributed by atoms with Crippen LogP contribution in [0.4, 0.5) is 0 Å². The SMILES string of the molecule is CC1CCN(C)CC(CO)N1CCN(C)C. The predicted molar refractivity (Wildman–Crippen MR) is 67.7 cm³/mol. The van der Waals surface area contributed by atoms with Crippen LogP contribution in [0.3, 0.4) is 0 Å². The first-order valence-electron chi connectivity index (χ1n) is 6.24. The van der Waals surface area contributed by atoms with Crippen LogP contribution in [0.25, 0.3) is 0 Å². The summed E-state index contributed by atoms with van der Waals surface area (Å²) in [6, 6.07) is 0.865. The van der Waals surface area contributed by atoms with Crippen molar-refractivity contribution in [2.75, 3.05) is 53.9 Å². The smallest absolute Gasteiger partial charge is 0.0599 e. The highest BCUT2D eigenvalue weighted by atomic mass is 16.3. The number of hydrogen-bond donors (Lipinski definition) is 1. The van der Waals surface area contributed by atoms with E-state index in [4.69, 9.17) is 0 Å². The first-order valence-corrected chi connectivity index (χ1v) is 6.24. The van der Waals surface area contributed by atoms with E-state index in [2.05, 4.69) is 42.8 Å². The maximum absolute atomic E-state index is 9.51. The average molecular weight is 229 g/mol. The second-order valence-electron chi connectivity index (χ2n) is 5.28. The number of hydrogen-bond acceptors (Lipinski definition) is 4. The number of nitrogens with zero attached hydrogens (tertiary/aromatic N) is 3. The molecule has 1 rings (SSSR count). The molecule has 1 fully saturated rings. The Labute approximate surface area is 99.8 Å². The van der Waals surface area contributed by atoms with Gasteiger partial charge in [-0.05, 0) is 41.0 Å². The third-order valence-electron chi connectivity index (χ3n) is 3.50. The maximum Gasteiger partial charge on any atom is 0.0599 e. The van der Waals surface area contributed by atoms with E-state index in [0.717, 1.165) is 26.2 Å². The quantitative estimate of drug-likeness (QED) is 0.731. The van der Waals surface area contributed by atoms with E-state index in [1.165, 1.54) is 6.42 Å². The fraction of sp³-hybridized carbons (Fsp3) is 1.00. The Kier molecular flexibility index (Phi) is 5.69. The summed E-state index contributed by atoms with van der Waals surface area (Å²) in [7, 11) is 6.34. The standard InChI is InChI=1S/C12H27N3O/c1-11-5-6-14(4)9-12(10-16)15(11)8-7-13(2)3/h11-12,16H,5-10H2,1-4H3. The Morgan fingerprint density at radius 2 is 2.06 bits per heavy atom. The number of aliphatic hydroxyl groups excluding tert-OH is 1. The Morgan fingerprint density at radius 1 is 1.38 bits per heavy atom. The molecule has 0 saturated carbocycles. The lowest BCUT2D eigenvalue weighted by molar-refractivity contribution is 0.0831. The first-order chi connectivity index (χ1) is 7.54. The molecule has 0 aromatic carbocycles. The summed E-state index contributed by atoms with van der Waals surface area (Å²) in [6.07, 6.45) is 1.19. The molecular weight excluding hydrogens is 202 g/mol. The fourth-order valence-electron chi connectivity index (χ4n) is 2.37. The molecule has 0 aromatic heterocycles. The van der Waals surface area contributed by atoms with Gasteiger partial charge in [0.2, 0.25) is 0 Å². The molecule has 96 valence electrons. The third-order valence-corrected chi connectivity index (χ3v) is 3.50. The minimum atomic E-state index is 0.266. The molecule has 1 aliphatic rings. The van der Waals surface area contributed by atoms with E-state index in [0.29, 0.717) is 12.1 Å². The molecule has 0 spiro atoms. The summed E-state index contributed by atoms with van der Waals surface area (Å²) in [5.74, 6) is 0. The van der Waals surface area contributed by atoms with Crippen molar-refractivity contribution in [2.45, 2.75) is 25.4 Å². The lowest BCUT2D eigenvalue weighted by Gasteiger charge is -2.34. The average Bonchev–Trinajstić information content (AvgIpc) is 2.36. The highest BCUT2D eigenvalue weighted by Crippen LogP contribution is 2.14. The number of aliphatic hydroxyl groups is 1. The number of rotatable bonds is 4. The lowest BCUT2D eigenvalue weighted by Crippen LogP contribution is -2.48. The van der Waals surface area contributed by atoms with Crippen molar-refractivity contribution in [1.29, 1.82) is 0 Å². The molecule has 1 heterocycles. The lowest BCUT2D eigenvalue weighted by atomic mass is 10.1. The molecule has 0 bridgehead atoms. The van der Waals surface area contributed by atoms with Crippen molar-refractivity contribution in [1.82, 2.24) is 14.7 Å². The Balaban J connectivity index is 2.59. The van der Waals surface area contributed by atoms with Crippen LogP contribution >= 0.6 is 0 Å². The van der Waals surface area contributed by atoms with E-state index in [1.807, 2.05) is 0 Å². The third kappa shape index (κ3) is 4.01. The van der Waals surface area contributed by atoms with Crippen LogP contribution in [0.15, 0.2) is 0 Å². The summed E-state index contributed by atoms with van der Waals surface area (Å²) in [6.45, 7) is 6.77. The highest BCUT2D eigenvalue weighted by Gasteiger charge is 2.27. The largest absolute Gasteiger partial charge is 0.395 e. The van der Waals surface area contributed by atoms with Crippen LogP contribution in [-0.4, -0.2) is 85.8 Å². The summed E-state index contributed by atoms with van der Waals surface area (Å²) in [5, 5.41) is 9.51. The molecule has 0 aliphatic carbocycles. The second-order valence-corrected chi connectivity index (χ2v) is 5.28. The van der Waals surface area contributed by atoms with Crippen molar-refractivity contribution >= 4 is 0 Å². The van der Waals surface area contributed by atoms with Gasteiger partial charge in [0.05, 0.1) is 6.61 Å².